The van der Waals surface area contributed by atoms with Gasteiger partial charge in [-0.3, -0.25) is 13.9 Å². The van der Waals surface area contributed by atoms with Crippen molar-refractivity contribution in [1.82, 2.24) is 10.2 Å². The quantitative estimate of drug-likeness (QED) is 0.446. The van der Waals surface area contributed by atoms with Crippen molar-refractivity contribution in [2.45, 2.75) is 53.1 Å². The summed E-state index contributed by atoms with van der Waals surface area (Å²) in [6, 6.07) is 9.87. The van der Waals surface area contributed by atoms with E-state index < -0.39 is 16.1 Å². The lowest BCUT2D eigenvalue weighted by atomic mass is 10.1. The molecule has 0 saturated heterocycles. The van der Waals surface area contributed by atoms with Gasteiger partial charge >= 0.3 is 0 Å². The summed E-state index contributed by atoms with van der Waals surface area (Å²) in [5, 5.41) is 3.53. The van der Waals surface area contributed by atoms with Crippen LogP contribution in [-0.4, -0.2) is 50.5 Å². The summed E-state index contributed by atoms with van der Waals surface area (Å²) in [5.74, 6) is -0.592. The van der Waals surface area contributed by atoms with Gasteiger partial charge in [-0.1, -0.05) is 35.3 Å². The van der Waals surface area contributed by atoms with E-state index in [1.807, 2.05) is 19.9 Å². The zero-order valence-electron chi connectivity index (χ0n) is 20.8. The fourth-order valence-electron chi connectivity index (χ4n) is 3.86. The molecule has 0 aliphatic heterocycles. The van der Waals surface area contributed by atoms with E-state index in [1.54, 1.807) is 44.2 Å². The van der Waals surface area contributed by atoms with Gasteiger partial charge in [0.2, 0.25) is 21.8 Å². The zero-order valence-corrected chi connectivity index (χ0v) is 23.1. The van der Waals surface area contributed by atoms with Gasteiger partial charge in [0.1, 0.15) is 6.04 Å². The van der Waals surface area contributed by atoms with Gasteiger partial charge in [-0.15, -0.1) is 0 Å². The Labute approximate surface area is 218 Å². The van der Waals surface area contributed by atoms with Gasteiger partial charge in [0, 0.05) is 41.7 Å². The molecule has 0 saturated carbocycles. The fourth-order valence-corrected chi connectivity index (χ4v) is 5.32. The molecule has 1 atom stereocenters. The number of hydrogen-bond donors (Lipinski definition) is 1. The van der Waals surface area contributed by atoms with Crippen LogP contribution in [0.25, 0.3) is 0 Å². The number of aryl methyl sites for hydroxylation is 2. The number of carbonyl (C=O) groups excluding carboxylic acids is 2. The minimum absolute atomic E-state index is 0.0443. The molecule has 10 heteroatoms. The number of nitrogens with one attached hydrogen (secondary N) is 1. The van der Waals surface area contributed by atoms with Crippen molar-refractivity contribution in [3.8, 4) is 0 Å². The number of nitrogens with zero attached hydrogens (tertiary/aromatic N) is 2. The maximum absolute atomic E-state index is 13.3. The molecule has 2 rings (SSSR count). The largest absolute Gasteiger partial charge is 0.355 e. The highest BCUT2D eigenvalue weighted by atomic mass is 35.5. The summed E-state index contributed by atoms with van der Waals surface area (Å²) in [6.45, 7) is 7.87. The van der Waals surface area contributed by atoms with Crippen molar-refractivity contribution in [2.75, 3.05) is 23.7 Å². The Morgan fingerprint density at radius 1 is 1.06 bits per heavy atom. The lowest BCUT2D eigenvalue weighted by Gasteiger charge is -2.30. The number of hydrogen-bond acceptors (Lipinski definition) is 4. The van der Waals surface area contributed by atoms with Crippen LogP contribution in [0.15, 0.2) is 36.4 Å². The Kier molecular flexibility index (Phi) is 10.4. The molecule has 0 spiro atoms. The summed E-state index contributed by atoms with van der Waals surface area (Å²) in [5.41, 5.74) is 3.01. The molecule has 192 valence electrons. The molecule has 0 fully saturated rings. The van der Waals surface area contributed by atoms with Crippen molar-refractivity contribution >= 4 is 50.7 Å². The minimum Gasteiger partial charge on any atom is -0.355 e. The standard InChI is InChI=1S/C25H33Cl2N3O4S/c1-6-28-25(32)19(4)29(16-21-22(26)9-7-10-23(21)27)24(31)11-8-12-30(35(5,33)34)20-14-17(2)13-18(3)15-20/h7,9-10,13-15,19H,6,8,11-12,16H2,1-5H3,(H,28,32)/t19-/m1/s1. The average molecular weight is 543 g/mol. The molecule has 2 amide bonds. The highest BCUT2D eigenvalue weighted by Crippen LogP contribution is 2.27. The second-order valence-corrected chi connectivity index (χ2v) is 11.3. The van der Waals surface area contributed by atoms with Crippen LogP contribution in [0.4, 0.5) is 5.69 Å². The second kappa shape index (κ2) is 12.6. The predicted octanol–water partition coefficient (Wildman–Crippen LogP) is 4.71. The molecule has 0 heterocycles. The first-order chi connectivity index (χ1) is 16.3. The van der Waals surface area contributed by atoms with Gasteiger partial charge in [-0.2, -0.15) is 0 Å². The van der Waals surface area contributed by atoms with Crippen LogP contribution in [0, 0.1) is 13.8 Å². The van der Waals surface area contributed by atoms with Crippen LogP contribution in [0.2, 0.25) is 10.0 Å². The number of likely N-dealkylation sites (N-methyl/N-ethyl adjacent to an activating group) is 1. The van der Waals surface area contributed by atoms with Crippen molar-refractivity contribution in [3.63, 3.8) is 0 Å². The van der Waals surface area contributed by atoms with Crippen LogP contribution in [-0.2, 0) is 26.2 Å². The summed E-state index contributed by atoms with van der Waals surface area (Å²) in [7, 11) is -3.56. The highest BCUT2D eigenvalue weighted by molar-refractivity contribution is 7.92. The van der Waals surface area contributed by atoms with Crippen molar-refractivity contribution in [1.29, 1.82) is 0 Å². The molecule has 0 aromatic heterocycles. The van der Waals surface area contributed by atoms with E-state index in [2.05, 4.69) is 5.32 Å². The number of rotatable bonds is 11. The second-order valence-electron chi connectivity index (χ2n) is 8.58. The summed E-state index contributed by atoms with van der Waals surface area (Å²) >= 11 is 12.6. The molecule has 0 radical (unpaired) electrons. The summed E-state index contributed by atoms with van der Waals surface area (Å²) in [6.07, 6.45) is 1.46. The zero-order chi connectivity index (χ0) is 26.3. The van der Waals surface area contributed by atoms with Gasteiger partial charge in [-0.05, 0) is 69.5 Å². The first kappa shape index (κ1) is 28.9. The van der Waals surface area contributed by atoms with Gasteiger partial charge < -0.3 is 10.2 Å². The Balaban J connectivity index is 2.23. The third-order valence-electron chi connectivity index (χ3n) is 5.56. The lowest BCUT2D eigenvalue weighted by molar-refractivity contribution is -0.140. The topological polar surface area (TPSA) is 86.8 Å². The maximum atomic E-state index is 13.3. The maximum Gasteiger partial charge on any atom is 0.242 e. The fraction of sp³-hybridized carbons (Fsp3) is 0.440. The first-order valence-electron chi connectivity index (χ1n) is 11.4. The SMILES string of the molecule is CCNC(=O)[C@@H](C)N(Cc1c(Cl)cccc1Cl)C(=O)CCCN(c1cc(C)cc(C)c1)S(C)(=O)=O. The number of halogens is 2. The molecular formula is C25H33Cl2N3O4S. The van der Waals surface area contributed by atoms with Crippen LogP contribution >= 0.6 is 23.2 Å². The van der Waals surface area contributed by atoms with E-state index in [0.29, 0.717) is 27.8 Å². The van der Waals surface area contributed by atoms with Crippen molar-refractivity contribution in [3.05, 3.63) is 63.1 Å². The monoisotopic (exact) mass is 541 g/mol. The third-order valence-corrected chi connectivity index (χ3v) is 7.46. The van der Waals surface area contributed by atoms with Gasteiger partial charge in [-0.25, -0.2) is 8.42 Å². The molecule has 0 aliphatic rings. The average Bonchev–Trinajstić information content (AvgIpc) is 2.74. The number of benzene rings is 2. The molecule has 2 aromatic carbocycles. The lowest BCUT2D eigenvalue weighted by Crippen LogP contribution is -2.47. The number of sulfonamides is 1. The first-order valence-corrected chi connectivity index (χ1v) is 14.0. The van der Waals surface area contributed by atoms with E-state index in [9.17, 15) is 18.0 Å². The van der Waals surface area contributed by atoms with E-state index in [4.69, 9.17) is 23.2 Å². The Hall–Kier alpha value is -2.29. The normalized spacial score (nSPS) is 12.2. The van der Waals surface area contributed by atoms with E-state index in [-0.39, 0.29) is 37.7 Å². The van der Waals surface area contributed by atoms with E-state index in [0.717, 1.165) is 17.4 Å². The summed E-state index contributed by atoms with van der Waals surface area (Å²) in [4.78, 5) is 27.3. The van der Waals surface area contributed by atoms with Crippen molar-refractivity contribution < 1.29 is 18.0 Å². The molecular weight excluding hydrogens is 509 g/mol. The molecule has 35 heavy (non-hydrogen) atoms. The number of anilines is 1. The van der Waals surface area contributed by atoms with Crippen LogP contribution in [0.1, 0.15) is 43.4 Å². The molecule has 2 aromatic rings. The molecule has 0 bridgehead atoms. The minimum atomic E-state index is -3.56. The Bertz CT molecular complexity index is 1130. The molecule has 0 unspecified atom stereocenters. The number of amides is 2. The molecule has 1 N–H and O–H groups in total. The Morgan fingerprint density at radius 2 is 1.63 bits per heavy atom. The van der Waals surface area contributed by atoms with Gasteiger partial charge in [0.05, 0.1) is 11.9 Å². The van der Waals surface area contributed by atoms with E-state index >= 15 is 0 Å². The van der Waals surface area contributed by atoms with Crippen molar-refractivity contribution in [2.24, 2.45) is 0 Å². The van der Waals surface area contributed by atoms with Crippen LogP contribution < -0.4 is 9.62 Å². The van der Waals surface area contributed by atoms with Crippen LogP contribution in [0.3, 0.4) is 0 Å². The van der Waals surface area contributed by atoms with Gasteiger partial charge in [0.25, 0.3) is 0 Å². The third kappa shape index (κ3) is 8.12. The summed E-state index contributed by atoms with van der Waals surface area (Å²) < 4.78 is 26.3. The predicted molar refractivity (Wildman–Crippen MR) is 142 cm³/mol. The Morgan fingerprint density at radius 3 is 2.14 bits per heavy atom. The number of carbonyl (C=O) groups is 2. The van der Waals surface area contributed by atoms with Crippen LogP contribution in [0.5, 0.6) is 0 Å². The molecule has 0 aliphatic carbocycles. The van der Waals surface area contributed by atoms with E-state index in [1.165, 1.54) is 9.21 Å². The molecule has 7 nitrogen and oxygen atoms in total. The van der Waals surface area contributed by atoms with Gasteiger partial charge in [0.15, 0.2) is 0 Å². The smallest absolute Gasteiger partial charge is 0.242 e. The highest BCUT2D eigenvalue weighted by Gasteiger charge is 2.27.